The molecule has 0 aliphatic carbocycles. The molecule has 2 unspecified atom stereocenters. The number of halogens is 1. The molecule has 0 spiro atoms. The number of aliphatic hydroxyl groups is 1. The standard InChI is InChI=1S/C19H21FN2O5/c1-26-15-9-5-13(6-10-15)17(23)16(18(24)27-2)22-19(25)21-11-12-3-7-14(20)8-4-12/h3-10,16-17,23H,11H2,1-2H3,(H2,21,22,25). The minimum absolute atomic E-state index is 0.124. The third-order valence-corrected chi connectivity index (χ3v) is 3.88. The summed E-state index contributed by atoms with van der Waals surface area (Å²) in [6.45, 7) is 0.124. The van der Waals surface area contributed by atoms with Crippen LogP contribution in [0.2, 0.25) is 0 Å². The van der Waals surface area contributed by atoms with Crippen LogP contribution in [0, 0.1) is 5.82 Å². The quantitative estimate of drug-likeness (QED) is 0.642. The van der Waals surface area contributed by atoms with Gasteiger partial charge in [-0.05, 0) is 35.4 Å². The summed E-state index contributed by atoms with van der Waals surface area (Å²) in [5.74, 6) is -0.586. The minimum atomic E-state index is -1.32. The van der Waals surface area contributed by atoms with Gasteiger partial charge in [-0.1, -0.05) is 24.3 Å². The number of methoxy groups -OCH3 is 2. The monoisotopic (exact) mass is 376 g/mol. The fourth-order valence-corrected chi connectivity index (χ4v) is 2.36. The Morgan fingerprint density at radius 2 is 1.70 bits per heavy atom. The van der Waals surface area contributed by atoms with E-state index >= 15 is 0 Å². The molecule has 2 aromatic carbocycles. The number of hydrogen-bond acceptors (Lipinski definition) is 5. The van der Waals surface area contributed by atoms with Gasteiger partial charge in [-0.15, -0.1) is 0 Å². The van der Waals surface area contributed by atoms with E-state index in [4.69, 9.17) is 4.74 Å². The van der Waals surface area contributed by atoms with Crippen molar-refractivity contribution in [2.24, 2.45) is 0 Å². The molecule has 0 bridgehead atoms. The summed E-state index contributed by atoms with van der Waals surface area (Å²) in [6, 6.07) is 10.0. The Kier molecular flexibility index (Phi) is 7.13. The molecule has 2 rings (SSSR count). The zero-order valence-corrected chi connectivity index (χ0v) is 14.9. The van der Waals surface area contributed by atoms with Gasteiger partial charge in [0.2, 0.25) is 0 Å². The van der Waals surface area contributed by atoms with E-state index in [1.807, 2.05) is 0 Å². The van der Waals surface area contributed by atoms with E-state index < -0.39 is 24.1 Å². The lowest BCUT2D eigenvalue weighted by atomic mass is 10.0. The van der Waals surface area contributed by atoms with Gasteiger partial charge in [0.1, 0.15) is 17.7 Å². The summed E-state index contributed by atoms with van der Waals surface area (Å²) in [5.41, 5.74) is 1.09. The van der Waals surface area contributed by atoms with Gasteiger partial charge in [-0.25, -0.2) is 14.0 Å². The van der Waals surface area contributed by atoms with E-state index in [1.165, 1.54) is 31.4 Å². The van der Waals surface area contributed by atoms with Crippen LogP contribution in [0.3, 0.4) is 0 Å². The molecule has 0 heterocycles. The fraction of sp³-hybridized carbons (Fsp3) is 0.263. The van der Waals surface area contributed by atoms with Crippen LogP contribution in [0.1, 0.15) is 17.2 Å². The van der Waals surface area contributed by atoms with Crippen LogP contribution in [-0.4, -0.2) is 37.4 Å². The first-order valence-electron chi connectivity index (χ1n) is 8.13. The molecule has 144 valence electrons. The Hall–Kier alpha value is -3.13. The SMILES string of the molecule is COC(=O)C(NC(=O)NCc1ccc(F)cc1)C(O)c1ccc(OC)cc1. The van der Waals surface area contributed by atoms with Crippen LogP contribution in [0.4, 0.5) is 9.18 Å². The van der Waals surface area contributed by atoms with E-state index in [-0.39, 0.29) is 12.4 Å². The molecule has 0 fully saturated rings. The summed E-state index contributed by atoms with van der Waals surface area (Å²) < 4.78 is 22.6. The predicted molar refractivity (Wildman–Crippen MR) is 95.5 cm³/mol. The molecule has 0 saturated carbocycles. The van der Waals surface area contributed by atoms with Crippen molar-refractivity contribution in [3.8, 4) is 5.75 Å². The maximum atomic E-state index is 12.9. The number of esters is 1. The van der Waals surface area contributed by atoms with Crippen molar-refractivity contribution in [3.63, 3.8) is 0 Å². The molecule has 0 aliphatic heterocycles. The van der Waals surface area contributed by atoms with Gasteiger partial charge in [0.25, 0.3) is 0 Å². The van der Waals surface area contributed by atoms with Gasteiger partial charge < -0.3 is 25.2 Å². The molecule has 7 nitrogen and oxygen atoms in total. The maximum absolute atomic E-state index is 12.9. The van der Waals surface area contributed by atoms with Crippen LogP contribution in [0.15, 0.2) is 48.5 Å². The molecule has 0 aromatic heterocycles. The smallest absolute Gasteiger partial charge is 0.331 e. The highest BCUT2D eigenvalue weighted by molar-refractivity contribution is 5.84. The molecular formula is C19H21FN2O5. The lowest BCUT2D eigenvalue weighted by Gasteiger charge is -2.22. The van der Waals surface area contributed by atoms with E-state index in [0.717, 1.165) is 7.11 Å². The van der Waals surface area contributed by atoms with Gasteiger partial charge in [0, 0.05) is 6.54 Å². The largest absolute Gasteiger partial charge is 0.497 e. The molecule has 2 atom stereocenters. The second kappa shape index (κ2) is 9.54. The first-order chi connectivity index (χ1) is 12.9. The number of nitrogens with one attached hydrogen (secondary N) is 2. The first-order valence-corrected chi connectivity index (χ1v) is 8.13. The van der Waals surface area contributed by atoms with Crippen LogP contribution >= 0.6 is 0 Å². The average Bonchev–Trinajstić information content (AvgIpc) is 2.70. The van der Waals surface area contributed by atoms with Crippen LogP contribution in [0.25, 0.3) is 0 Å². The van der Waals surface area contributed by atoms with Gasteiger partial charge >= 0.3 is 12.0 Å². The average molecular weight is 376 g/mol. The number of aliphatic hydroxyl groups excluding tert-OH is 1. The lowest BCUT2D eigenvalue weighted by molar-refractivity contribution is -0.146. The second-order valence-corrected chi connectivity index (χ2v) is 5.67. The molecule has 0 aliphatic rings. The number of carbonyl (C=O) groups is 2. The van der Waals surface area contributed by atoms with Crippen molar-refractivity contribution in [3.05, 3.63) is 65.5 Å². The maximum Gasteiger partial charge on any atom is 0.331 e. The van der Waals surface area contributed by atoms with Gasteiger partial charge in [-0.2, -0.15) is 0 Å². The zero-order chi connectivity index (χ0) is 19.8. The summed E-state index contributed by atoms with van der Waals surface area (Å²) in [7, 11) is 2.67. The number of amides is 2. The number of ether oxygens (including phenoxy) is 2. The summed E-state index contributed by atoms with van der Waals surface area (Å²) >= 11 is 0. The lowest BCUT2D eigenvalue weighted by Crippen LogP contribution is -2.49. The number of carbonyl (C=O) groups excluding carboxylic acids is 2. The Morgan fingerprint density at radius 1 is 1.07 bits per heavy atom. The van der Waals surface area contributed by atoms with Crippen molar-refractivity contribution >= 4 is 12.0 Å². The Bertz CT molecular complexity index is 765. The molecule has 0 radical (unpaired) electrons. The first kappa shape index (κ1) is 20.2. The summed E-state index contributed by atoms with van der Waals surface area (Å²) in [6.07, 6.45) is -1.32. The van der Waals surface area contributed by atoms with E-state index in [0.29, 0.717) is 16.9 Å². The van der Waals surface area contributed by atoms with Crippen LogP contribution < -0.4 is 15.4 Å². The highest BCUT2D eigenvalue weighted by Gasteiger charge is 2.30. The second-order valence-electron chi connectivity index (χ2n) is 5.67. The Labute approximate surface area is 156 Å². The summed E-state index contributed by atoms with van der Waals surface area (Å²) in [4.78, 5) is 24.1. The topological polar surface area (TPSA) is 96.9 Å². The molecule has 27 heavy (non-hydrogen) atoms. The minimum Gasteiger partial charge on any atom is -0.497 e. The highest BCUT2D eigenvalue weighted by Crippen LogP contribution is 2.21. The zero-order valence-electron chi connectivity index (χ0n) is 14.9. The molecule has 3 N–H and O–H groups in total. The Balaban J connectivity index is 2.02. The van der Waals surface area contributed by atoms with Crippen LogP contribution in [-0.2, 0) is 16.1 Å². The molecule has 0 saturated heterocycles. The van der Waals surface area contributed by atoms with Gasteiger partial charge in [0.05, 0.1) is 14.2 Å². The predicted octanol–water partition coefficient (Wildman–Crippen LogP) is 1.91. The van der Waals surface area contributed by atoms with Crippen molar-refractivity contribution in [2.45, 2.75) is 18.7 Å². The van der Waals surface area contributed by atoms with Crippen molar-refractivity contribution in [1.82, 2.24) is 10.6 Å². The summed E-state index contributed by atoms with van der Waals surface area (Å²) in [5, 5.41) is 15.4. The molecule has 2 aromatic rings. The highest BCUT2D eigenvalue weighted by atomic mass is 19.1. The molecular weight excluding hydrogens is 355 g/mol. The molecule has 2 amide bonds. The third kappa shape index (κ3) is 5.68. The van der Waals surface area contributed by atoms with E-state index in [9.17, 15) is 19.1 Å². The van der Waals surface area contributed by atoms with Crippen LogP contribution in [0.5, 0.6) is 5.75 Å². The van der Waals surface area contributed by atoms with E-state index in [1.54, 1.807) is 24.3 Å². The molecule has 8 heteroatoms. The Morgan fingerprint density at radius 3 is 2.26 bits per heavy atom. The third-order valence-electron chi connectivity index (χ3n) is 3.88. The number of urea groups is 1. The van der Waals surface area contributed by atoms with E-state index in [2.05, 4.69) is 15.4 Å². The normalized spacial score (nSPS) is 12.6. The number of benzene rings is 2. The number of hydrogen-bond donors (Lipinski definition) is 3. The van der Waals surface area contributed by atoms with Gasteiger partial charge in [-0.3, -0.25) is 0 Å². The van der Waals surface area contributed by atoms with Crippen molar-refractivity contribution < 1.29 is 28.6 Å². The van der Waals surface area contributed by atoms with Crippen molar-refractivity contribution in [2.75, 3.05) is 14.2 Å². The van der Waals surface area contributed by atoms with Crippen molar-refractivity contribution in [1.29, 1.82) is 0 Å². The van der Waals surface area contributed by atoms with Gasteiger partial charge in [0.15, 0.2) is 6.04 Å². The number of rotatable bonds is 7. The fourth-order valence-electron chi connectivity index (χ4n) is 2.36.